The van der Waals surface area contributed by atoms with Gasteiger partial charge < -0.3 is 24.4 Å². The summed E-state index contributed by atoms with van der Waals surface area (Å²) in [5.74, 6) is -2.38. The molecule has 4 atom stereocenters. The van der Waals surface area contributed by atoms with Crippen molar-refractivity contribution in [2.75, 3.05) is 6.61 Å². The van der Waals surface area contributed by atoms with Crippen molar-refractivity contribution in [3.8, 4) is 0 Å². The molecule has 7 nitrogen and oxygen atoms in total. The average molecular weight is 340 g/mol. The molecule has 0 amide bonds. The molecule has 1 spiro atoms. The van der Waals surface area contributed by atoms with Gasteiger partial charge in [0, 0.05) is 18.9 Å². The Morgan fingerprint density at radius 1 is 1.38 bits per heavy atom. The molecule has 134 valence electrons. The van der Waals surface area contributed by atoms with E-state index in [-0.39, 0.29) is 18.8 Å². The van der Waals surface area contributed by atoms with Gasteiger partial charge in [0.1, 0.15) is 18.8 Å². The van der Waals surface area contributed by atoms with Crippen molar-refractivity contribution in [3.63, 3.8) is 0 Å². The fourth-order valence-corrected chi connectivity index (χ4v) is 3.78. The highest BCUT2D eigenvalue weighted by molar-refractivity contribution is 5.93. The first-order valence-corrected chi connectivity index (χ1v) is 8.16. The molecule has 1 saturated heterocycles. The van der Waals surface area contributed by atoms with Crippen molar-refractivity contribution in [3.05, 3.63) is 11.1 Å². The van der Waals surface area contributed by atoms with Crippen LogP contribution in [0.4, 0.5) is 0 Å². The van der Waals surface area contributed by atoms with Crippen LogP contribution in [0.2, 0.25) is 0 Å². The third-order valence-corrected chi connectivity index (χ3v) is 5.04. The quantitative estimate of drug-likeness (QED) is 0.561. The maximum atomic E-state index is 12.7. The lowest BCUT2D eigenvalue weighted by Crippen LogP contribution is -2.52. The van der Waals surface area contributed by atoms with E-state index in [1.165, 1.54) is 13.8 Å². The number of esters is 1. The van der Waals surface area contributed by atoms with E-state index < -0.39 is 35.2 Å². The fourth-order valence-electron chi connectivity index (χ4n) is 3.78. The predicted molar refractivity (Wildman–Crippen MR) is 81.9 cm³/mol. The second-order valence-electron chi connectivity index (χ2n) is 7.70. The number of ketones is 1. The number of hydrogen-bond donors (Lipinski definition) is 2. The Kier molecular flexibility index (Phi) is 3.92. The average Bonchev–Trinajstić information content (AvgIpc) is 2.86. The van der Waals surface area contributed by atoms with Crippen LogP contribution in [0.1, 0.15) is 47.0 Å². The first-order chi connectivity index (χ1) is 11.0. The van der Waals surface area contributed by atoms with Crippen LogP contribution >= 0.6 is 0 Å². The summed E-state index contributed by atoms with van der Waals surface area (Å²) >= 11 is 0. The van der Waals surface area contributed by atoms with Crippen molar-refractivity contribution >= 4 is 11.8 Å². The van der Waals surface area contributed by atoms with Gasteiger partial charge in [-0.15, -0.1) is 0 Å². The van der Waals surface area contributed by atoms with Crippen LogP contribution in [-0.4, -0.2) is 57.8 Å². The third kappa shape index (κ3) is 2.60. The Morgan fingerprint density at radius 3 is 2.58 bits per heavy atom. The van der Waals surface area contributed by atoms with Crippen LogP contribution in [0.3, 0.4) is 0 Å². The number of carbonyl (C=O) groups excluding carboxylic acids is 2. The van der Waals surface area contributed by atoms with E-state index in [1.54, 1.807) is 13.8 Å². The molecule has 24 heavy (non-hydrogen) atoms. The van der Waals surface area contributed by atoms with Gasteiger partial charge in [-0.25, -0.2) is 0 Å². The van der Waals surface area contributed by atoms with Gasteiger partial charge >= 0.3 is 5.97 Å². The minimum atomic E-state index is -1.64. The molecule has 2 N–H and O–H groups in total. The number of ether oxygens (including phenoxy) is 3. The molecule has 0 bridgehead atoms. The molecule has 0 aromatic rings. The Bertz CT molecular complexity index is 618. The predicted octanol–water partition coefficient (Wildman–Crippen LogP) is 0.615. The molecule has 2 heterocycles. The van der Waals surface area contributed by atoms with Crippen molar-refractivity contribution in [1.82, 2.24) is 0 Å². The molecule has 7 heteroatoms. The largest absolute Gasteiger partial charge is 0.461 e. The van der Waals surface area contributed by atoms with Crippen molar-refractivity contribution < 1.29 is 34.0 Å². The van der Waals surface area contributed by atoms with Gasteiger partial charge in [-0.3, -0.25) is 9.59 Å². The summed E-state index contributed by atoms with van der Waals surface area (Å²) < 4.78 is 17.0. The molecule has 1 aliphatic carbocycles. The van der Waals surface area contributed by atoms with Gasteiger partial charge in [0.15, 0.2) is 5.78 Å². The summed E-state index contributed by atoms with van der Waals surface area (Å²) in [5.41, 5.74) is -0.905. The number of fused-ring (bicyclic) bond motifs is 1. The van der Waals surface area contributed by atoms with E-state index in [0.29, 0.717) is 24.0 Å². The van der Waals surface area contributed by atoms with E-state index in [0.717, 1.165) is 0 Å². The summed E-state index contributed by atoms with van der Waals surface area (Å²) in [7, 11) is 0. The molecule has 0 radical (unpaired) electrons. The Labute approximate surface area is 140 Å². The van der Waals surface area contributed by atoms with Gasteiger partial charge in [0.25, 0.3) is 5.79 Å². The van der Waals surface area contributed by atoms with Crippen molar-refractivity contribution in [2.45, 2.75) is 76.2 Å². The zero-order valence-corrected chi connectivity index (χ0v) is 14.4. The topological polar surface area (TPSA) is 102 Å². The van der Waals surface area contributed by atoms with Gasteiger partial charge in [0.2, 0.25) is 0 Å². The highest BCUT2D eigenvalue weighted by Gasteiger charge is 2.63. The summed E-state index contributed by atoms with van der Waals surface area (Å²) in [5, 5.41) is 20.8. The van der Waals surface area contributed by atoms with Crippen molar-refractivity contribution in [2.24, 2.45) is 0 Å². The van der Waals surface area contributed by atoms with Crippen LogP contribution in [-0.2, 0) is 23.8 Å². The monoisotopic (exact) mass is 340 g/mol. The third-order valence-electron chi connectivity index (χ3n) is 5.04. The maximum absolute atomic E-state index is 12.7. The molecule has 2 aliphatic heterocycles. The smallest absolute Gasteiger partial charge is 0.302 e. The molecule has 3 unspecified atom stereocenters. The summed E-state index contributed by atoms with van der Waals surface area (Å²) in [6, 6.07) is 0. The molecule has 0 aromatic heterocycles. The normalized spacial score (nSPS) is 41.0. The van der Waals surface area contributed by atoms with E-state index in [9.17, 15) is 19.8 Å². The van der Waals surface area contributed by atoms with E-state index >= 15 is 0 Å². The number of carbonyl (C=O) groups is 2. The maximum Gasteiger partial charge on any atom is 0.302 e. The molecular formula is C17H24O7. The second kappa shape index (κ2) is 5.36. The van der Waals surface area contributed by atoms with E-state index in [1.807, 2.05) is 0 Å². The van der Waals surface area contributed by atoms with Crippen LogP contribution in [0.15, 0.2) is 11.1 Å². The van der Waals surface area contributed by atoms with E-state index in [4.69, 9.17) is 14.2 Å². The van der Waals surface area contributed by atoms with Gasteiger partial charge in [-0.1, -0.05) is 0 Å². The number of hydrogen-bond acceptors (Lipinski definition) is 7. The standard InChI is InChI=1S/C17H24O7/c1-9(18)22-8-11-10-5-6-16(4,21)14(20)13(10)23-17(11)12(19)7-15(2,3)24-17/h13-14,20-21H,5-8H2,1-4H3/t13?,14?,16?,17-/m1/s1. The zero-order valence-electron chi connectivity index (χ0n) is 14.4. The highest BCUT2D eigenvalue weighted by atomic mass is 16.7. The van der Waals surface area contributed by atoms with Gasteiger partial charge in [-0.2, -0.15) is 0 Å². The van der Waals surface area contributed by atoms with Crippen LogP contribution in [0, 0.1) is 0 Å². The Balaban J connectivity index is 2.03. The first-order valence-electron chi connectivity index (χ1n) is 8.16. The summed E-state index contributed by atoms with van der Waals surface area (Å²) in [6.45, 7) is 6.26. The number of aliphatic hydroxyl groups excluding tert-OH is 1. The summed E-state index contributed by atoms with van der Waals surface area (Å²) in [6.07, 6.45) is -1.13. The lowest BCUT2D eigenvalue weighted by atomic mass is 9.78. The van der Waals surface area contributed by atoms with E-state index in [2.05, 4.69) is 0 Å². The SMILES string of the molecule is CC(=O)OCC1=C2CCC(C)(O)C(O)C2O[C@@]12OC(C)(C)CC2=O. The minimum Gasteiger partial charge on any atom is -0.461 e. The fraction of sp³-hybridized carbons (Fsp3) is 0.765. The second-order valence-corrected chi connectivity index (χ2v) is 7.70. The molecular weight excluding hydrogens is 316 g/mol. The first kappa shape index (κ1) is 17.5. The minimum absolute atomic E-state index is 0.127. The molecule has 2 fully saturated rings. The lowest BCUT2D eigenvalue weighted by molar-refractivity contribution is -0.244. The summed E-state index contributed by atoms with van der Waals surface area (Å²) in [4.78, 5) is 24.0. The number of Topliss-reactive ketones (excluding diaryl/α,β-unsaturated/α-hetero) is 1. The molecule has 3 aliphatic rings. The van der Waals surface area contributed by atoms with Gasteiger partial charge in [-0.05, 0) is 39.2 Å². The van der Waals surface area contributed by atoms with Crippen LogP contribution in [0.25, 0.3) is 0 Å². The van der Waals surface area contributed by atoms with Crippen LogP contribution < -0.4 is 0 Å². The Hall–Kier alpha value is -1.28. The zero-order chi connectivity index (χ0) is 17.9. The Morgan fingerprint density at radius 2 is 2.04 bits per heavy atom. The number of rotatable bonds is 2. The molecule has 0 aromatic carbocycles. The highest BCUT2D eigenvalue weighted by Crippen LogP contribution is 2.51. The van der Waals surface area contributed by atoms with Crippen LogP contribution in [0.5, 0.6) is 0 Å². The molecule has 1 saturated carbocycles. The van der Waals surface area contributed by atoms with Crippen molar-refractivity contribution in [1.29, 1.82) is 0 Å². The molecule has 3 rings (SSSR count). The number of aliphatic hydroxyl groups is 2. The lowest BCUT2D eigenvalue weighted by Gasteiger charge is -2.39. The van der Waals surface area contributed by atoms with Gasteiger partial charge in [0.05, 0.1) is 11.2 Å².